The summed E-state index contributed by atoms with van der Waals surface area (Å²) in [7, 11) is 0. The van der Waals surface area contributed by atoms with Crippen molar-refractivity contribution in [1.82, 2.24) is 0 Å². The molecule has 5 heteroatoms. The molecule has 0 aromatic heterocycles. The summed E-state index contributed by atoms with van der Waals surface area (Å²) in [5, 5.41) is 0. The van der Waals surface area contributed by atoms with Gasteiger partial charge in [0.25, 0.3) is 0 Å². The van der Waals surface area contributed by atoms with Crippen molar-refractivity contribution < 1.29 is 19.1 Å². The number of carbonyl (C=O) groups excluding carboxylic acids is 2. The van der Waals surface area contributed by atoms with Crippen molar-refractivity contribution in [2.24, 2.45) is 51.3 Å². The zero-order valence-corrected chi connectivity index (χ0v) is 23.3. The van der Waals surface area contributed by atoms with E-state index in [1.165, 1.54) is 37.5 Å². The highest BCUT2D eigenvalue weighted by Gasteiger charge is 2.63. The first-order chi connectivity index (χ1) is 17.0. The van der Waals surface area contributed by atoms with Gasteiger partial charge >= 0.3 is 11.9 Å². The Morgan fingerprint density at radius 1 is 1.06 bits per heavy atom. The number of hydrogen-bond acceptors (Lipinski definition) is 5. The van der Waals surface area contributed by atoms with Crippen molar-refractivity contribution in [1.29, 1.82) is 0 Å². The van der Waals surface area contributed by atoms with Gasteiger partial charge in [-0.1, -0.05) is 39.3 Å². The molecule has 4 aliphatic carbocycles. The van der Waals surface area contributed by atoms with Gasteiger partial charge in [0.2, 0.25) is 0 Å². The Morgan fingerprint density at radius 3 is 2.47 bits per heavy atom. The van der Waals surface area contributed by atoms with Crippen LogP contribution in [-0.4, -0.2) is 36.4 Å². The molecule has 10 atom stereocenters. The van der Waals surface area contributed by atoms with Crippen molar-refractivity contribution in [2.45, 2.75) is 112 Å². The van der Waals surface area contributed by atoms with Crippen molar-refractivity contribution >= 4 is 17.7 Å². The molecule has 5 aliphatic rings. The summed E-state index contributed by atoms with van der Waals surface area (Å²) in [5.74, 6) is 2.93. The highest BCUT2D eigenvalue weighted by atomic mass is 16.5. The first-order valence-corrected chi connectivity index (χ1v) is 14.6. The Morgan fingerprint density at radius 2 is 1.81 bits per heavy atom. The SMILES string of the molecule is CC(=O)O[C@@H]1CC[C@@]2(C)C(=CC[C@H]3[C@H]4C[C@@H](OC(C)=O)[C@H]([C@H](C)C5=NC[C@@H](C)CC5)[C@@]4(C)CC[C@H]32)C1. The molecule has 0 N–H and O–H groups in total. The average Bonchev–Trinajstić information content (AvgIpc) is 3.10. The second-order valence-electron chi connectivity index (χ2n) is 13.5. The fraction of sp³-hybridized carbons (Fsp3) is 0.839. The smallest absolute Gasteiger partial charge is 0.302 e. The Hall–Kier alpha value is -1.65. The molecule has 0 saturated heterocycles. The molecule has 36 heavy (non-hydrogen) atoms. The predicted octanol–water partition coefficient (Wildman–Crippen LogP) is 6.55. The van der Waals surface area contributed by atoms with Crippen LogP contribution in [0.5, 0.6) is 0 Å². The lowest BCUT2D eigenvalue weighted by atomic mass is 9.47. The Balaban J connectivity index is 1.43. The lowest BCUT2D eigenvalue weighted by Gasteiger charge is -2.58. The molecule has 1 aliphatic heterocycles. The molecule has 200 valence electrons. The fourth-order valence-electron chi connectivity index (χ4n) is 9.63. The summed E-state index contributed by atoms with van der Waals surface area (Å²) in [6.45, 7) is 13.7. The van der Waals surface area contributed by atoms with Gasteiger partial charge in [0.15, 0.2) is 0 Å². The van der Waals surface area contributed by atoms with Gasteiger partial charge in [-0.25, -0.2) is 0 Å². The molecule has 5 rings (SSSR count). The van der Waals surface area contributed by atoms with E-state index in [9.17, 15) is 9.59 Å². The summed E-state index contributed by atoms with van der Waals surface area (Å²) in [5.41, 5.74) is 3.25. The van der Waals surface area contributed by atoms with E-state index in [-0.39, 0.29) is 35.0 Å². The standard InChI is InChI=1S/C31H47NO4/c1-18-7-10-27(32-17-18)19(2)29-28(36-21(4)34)16-26-24-9-8-22-15-23(35-20(3)33)11-13-30(22,5)25(24)12-14-31(26,29)6/h8,18-19,23-26,28-29H,7,9-17H2,1-6H3/t18-,19+,23+,24+,25+,26+,28+,29-,30-,31-/m0/s1. The quantitative estimate of drug-likeness (QED) is 0.326. The van der Waals surface area contributed by atoms with E-state index in [1.54, 1.807) is 6.92 Å². The largest absolute Gasteiger partial charge is 0.462 e. The van der Waals surface area contributed by atoms with Gasteiger partial charge in [-0.15, -0.1) is 0 Å². The third-order valence-electron chi connectivity index (χ3n) is 11.4. The third kappa shape index (κ3) is 4.36. The topological polar surface area (TPSA) is 65.0 Å². The summed E-state index contributed by atoms with van der Waals surface area (Å²) >= 11 is 0. The molecule has 0 radical (unpaired) electrons. The summed E-state index contributed by atoms with van der Waals surface area (Å²) < 4.78 is 11.7. The molecule has 0 aromatic rings. The Kier molecular flexibility index (Phi) is 6.91. The van der Waals surface area contributed by atoms with E-state index in [1.807, 2.05) is 0 Å². The zero-order valence-electron chi connectivity index (χ0n) is 23.3. The summed E-state index contributed by atoms with van der Waals surface area (Å²) in [4.78, 5) is 28.8. The molecule has 3 fully saturated rings. The van der Waals surface area contributed by atoms with E-state index in [0.717, 1.165) is 45.1 Å². The zero-order chi connectivity index (χ0) is 25.8. The average molecular weight is 498 g/mol. The number of hydrogen-bond donors (Lipinski definition) is 0. The van der Waals surface area contributed by atoms with Crippen LogP contribution in [0.2, 0.25) is 0 Å². The number of aliphatic imine (C=N–C) groups is 1. The van der Waals surface area contributed by atoms with Crippen molar-refractivity contribution in [2.75, 3.05) is 6.54 Å². The molecule has 0 amide bonds. The number of allylic oxidation sites excluding steroid dienone is 1. The van der Waals surface area contributed by atoms with Gasteiger partial charge in [0, 0.05) is 44.4 Å². The van der Waals surface area contributed by atoms with Gasteiger partial charge in [-0.05, 0) is 85.9 Å². The highest BCUT2D eigenvalue weighted by molar-refractivity contribution is 5.87. The van der Waals surface area contributed by atoms with Crippen LogP contribution < -0.4 is 0 Å². The lowest BCUT2D eigenvalue weighted by molar-refractivity contribution is -0.150. The molecule has 3 saturated carbocycles. The van der Waals surface area contributed by atoms with Crippen LogP contribution >= 0.6 is 0 Å². The van der Waals surface area contributed by atoms with E-state index in [4.69, 9.17) is 14.5 Å². The van der Waals surface area contributed by atoms with Gasteiger partial charge in [-0.2, -0.15) is 0 Å². The van der Waals surface area contributed by atoms with Crippen molar-refractivity contribution in [3.63, 3.8) is 0 Å². The summed E-state index contributed by atoms with van der Waals surface area (Å²) in [6.07, 6.45) is 12.3. The molecule has 1 heterocycles. The molecule has 0 unspecified atom stereocenters. The maximum Gasteiger partial charge on any atom is 0.302 e. The number of ether oxygens (including phenoxy) is 2. The van der Waals surface area contributed by atoms with Crippen LogP contribution in [0.15, 0.2) is 16.6 Å². The maximum absolute atomic E-state index is 12.2. The normalized spacial score (nSPS) is 44.8. The molecule has 0 bridgehead atoms. The van der Waals surface area contributed by atoms with Crippen LogP contribution in [-0.2, 0) is 19.1 Å². The van der Waals surface area contributed by atoms with Crippen LogP contribution in [0, 0.1) is 46.3 Å². The molecular formula is C31H47NO4. The number of esters is 2. The summed E-state index contributed by atoms with van der Waals surface area (Å²) in [6, 6.07) is 0. The van der Waals surface area contributed by atoms with Crippen molar-refractivity contribution in [3.05, 3.63) is 11.6 Å². The monoisotopic (exact) mass is 497 g/mol. The lowest BCUT2D eigenvalue weighted by Crippen LogP contribution is -2.51. The van der Waals surface area contributed by atoms with Gasteiger partial charge in [0.05, 0.1) is 0 Å². The minimum Gasteiger partial charge on any atom is -0.462 e. The second kappa shape index (κ2) is 9.58. The number of fused-ring (bicyclic) bond motifs is 5. The number of rotatable bonds is 4. The Bertz CT molecular complexity index is 954. The van der Waals surface area contributed by atoms with Crippen LogP contribution in [0.4, 0.5) is 0 Å². The molecule has 0 spiro atoms. The first-order valence-electron chi connectivity index (χ1n) is 14.6. The molecule has 5 nitrogen and oxygen atoms in total. The highest BCUT2D eigenvalue weighted by Crippen LogP contribution is 2.67. The van der Waals surface area contributed by atoms with E-state index >= 15 is 0 Å². The van der Waals surface area contributed by atoms with Gasteiger partial charge in [0.1, 0.15) is 12.2 Å². The van der Waals surface area contributed by atoms with Crippen molar-refractivity contribution in [3.8, 4) is 0 Å². The minimum absolute atomic E-state index is 0.00816. The third-order valence-corrected chi connectivity index (χ3v) is 11.4. The van der Waals surface area contributed by atoms with Gasteiger partial charge < -0.3 is 9.47 Å². The number of carbonyl (C=O) groups is 2. The number of nitrogens with zero attached hydrogens (tertiary/aromatic N) is 1. The van der Waals surface area contributed by atoms with E-state index < -0.39 is 0 Å². The van der Waals surface area contributed by atoms with Gasteiger partial charge in [-0.3, -0.25) is 14.6 Å². The Labute approximate surface area is 217 Å². The van der Waals surface area contributed by atoms with Crippen LogP contribution in [0.3, 0.4) is 0 Å². The van der Waals surface area contributed by atoms with Crippen LogP contribution in [0.1, 0.15) is 99.3 Å². The maximum atomic E-state index is 12.2. The first kappa shape index (κ1) is 26.0. The fourth-order valence-corrected chi connectivity index (χ4v) is 9.63. The minimum atomic E-state index is -0.161. The second-order valence-corrected chi connectivity index (χ2v) is 13.5. The van der Waals surface area contributed by atoms with E-state index in [0.29, 0.717) is 35.5 Å². The van der Waals surface area contributed by atoms with Crippen LogP contribution in [0.25, 0.3) is 0 Å². The van der Waals surface area contributed by atoms with E-state index in [2.05, 4.69) is 33.8 Å². The molecule has 0 aromatic carbocycles. The molecular weight excluding hydrogens is 450 g/mol. The predicted molar refractivity (Wildman–Crippen MR) is 142 cm³/mol.